The van der Waals surface area contributed by atoms with E-state index in [9.17, 15) is 14.0 Å². The van der Waals surface area contributed by atoms with E-state index in [2.05, 4.69) is 30.4 Å². The second-order valence-corrected chi connectivity index (χ2v) is 11.5. The number of benzene rings is 1. The van der Waals surface area contributed by atoms with Gasteiger partial charge in [-0.25, -0.2) is 9.37 Å². The van der Waals surface area contributed by atoms with Gasteiger partial charge < -0.3 is 15.2 Å². The molecule has 10 heteroatoms. The van der Waals surface area contributed by atoms with Crippen LogP contribution in [0.1, 0.15) is 59.0 Å². The lowest BCUT2D eigenvalue weighted by Gasteiger charge is -2.40. The van der Waals surface area contributed by atoms with E-state index < -0.39 is 11.7 Å². The smallest absolute Gasteiger partial charge is 0.269 e. The van der Waals surface area contributed by atoms with Gasteiger partial charge in [0.05, 0.1) is 16.2 Å². The number of hydrogen-bond acceptors (Lipinski definition) is 6. The molecule has 8 nitrogen and oxygen atoms in total. The molecule has 1 amide bonds. The maximum atomic E-state index is 14.5. The lowest BCUT2D eigenvalue weighted by Crippen LogP contribution is -2.48. The van der Waals surface area contributed by atoms with Gasteiger partial charge >= 0.3 is 0 Å². The first kappa shape index (κ1) is 27.4. The molecule has 0 bridgehead atoms. The van der Waals surface area contributed by atoms with Crippen LogP contribution in [0.15, 0.2) is 59.8 Å². The van der Waals surface area contributed by atoms with Crippen molar-refractivity contribution in [2.24, 2.45) is 5.73 Å². The Hall–Kier alpha value is -3.82. The van der Waals surface area contributed by atoms with Crippen LogP contribution in [0.3, 0.4) is 0 Å². The SMILES string of the molecule is Cc1cc(CN(Cc2cn(C3CC3)c3cc(Cl)c(F)cc3c2=O)[C@H]2CCCN(c3cccnc3C(N)=O)C2)ccn1. The molecule has 2 fully saturated rings. The Morgan fingerprint density at radius 1 is 1.15 bits per heavy atom. The summed E-state index contributed by atoms with van der Waals surface area (Å²) >= 11 is 6.12. The summed E-state index contributed by atoms with van der Waals surface area (Å²) in [7, 11) is 0. The summed E-state index contributed by atoms with van der Waals surface area (Å²) in [6, 6.07) is 10.9. The highest BCUT2D eigenvalue weighted by Gasteiger charge is 2.30. The van der Waals surface area contributed by atoms with Gasteiger partial charge in [0.15, 0.2) is 11.1 Å². The minimum Gasteiger partial charge on any atom is -0.368 e. The molecule has 4 aromatic rings. The zero-order valence-corrected chi connectivity index (χ0v) is 23.6. The fourth-order valence-electron chi connectivity index (χ4n) is 5.95. The van der Waals surface area contributed by atoms with E-state index in [1.54, 1.807) is 18.5 Å². The number of fused-ring (bicyclic) bond motifs is 1. The van der Waals surface area contributed by atoms with Gasteiger partial charge in [-0.15, -0.1) is 0 Å². The van der Waals surface area contributed by atoms with Gasteiger partial charge in [-0.3, -0.25) is 19.5 Å². The molecular weight excluding hydrogens is 543 g/mol. The van der Waals surface area contributed by atoms with Gasteiger partial charge in [0.1, 0.15) is 5.82 Å². The van der Waals surface area contributed by atoms with Crippen LogP contribution in [-0.2, 0) is 13.1 Å². The lowest BCUT2D eigenvalue weighted by molar-refractivity contribution is 0.0995. The number of carbonyl (C=O) groups excluding carboxylic acids is 1. The van der Waals surface area contributed by atoms with E-state index in [-0.39, 0.29) is 28.2 Å². The Labute approximate surface area is 242 Å². The van der Waals surface area contributed by atoms with Gasteiger partial charge in [0.25, 0.3) is 5.91 Å². The van der Waals surface area contributed by atoms with Crippen molar-refractivity contribution in [2.45, 2.75) is 57.8 Å². The number of nitrogens with two attached hydrogens (primary N) is 1. The number of primary amides is 1. The monoisotopic (exact) mass is 574 g/mol. The van der Waals surface area contributed by atoms with Crippen LogP contribution in [0.2, 0.25) is 5.02 Å². The minimum atomic E-state index is -0.593. The van der Waals surface area contributed by atoms with Crippen molar-refractivity contribution >= 4 is 34.1 Å². The zero-order valence-electron chi connectivity index (χ0n) is 22.9. The molecule has 4 heterocycles. The molecule has 1 aliphatic heterocycles. The third kappa shape index (κ3) is 5.69. The van der Waals surface area contributed by atoms with Crippen molar-refractivity contribution in [2.75, 3.05) is 18.0 Å². The van der Waals surface area contributed by atoms with E-state index >= 15 is 0 Å². The molecule has 3 aromatic heterocycles. The van der Waals surface area contributed by atoms with Crippen molar-refractivity contribution in [1.29, 1.82) is 0 Å². The number of anilines is 1. The van der Waals surface area contributed by atoms with E-state index in [1.165, 1.54) is 6.07 Å². The first-order valence-corrected chi connectivity index (χ1v) is 14.3. The number of aryl methyl sites for hydroxylation is 1. The summed E-state index contributed by atoms with van der Waals surface area (Å²) in [4.78, 5) is 39.0. The van der Waals surface area contributed by atoms with E-state index in [4.69, 9.17) is 17.3 Å². The van der Waals surface area contributed by atoms with Gasteiger partial charge in [-0.05, 0) is 74.6 Å². The molecule has 41 heavy (non-hydrogen) atoms. The zero-order chi connectivity index (χ0) is 28.7. The molecule has 212 valence electrons. The van der Waals surface area contributed by atoms with Crippen molar-refractivity contribution in [3.05, 3.63) is 98.6 Å². The number of amides is 1. The quantitative estimate of drug-likeness (QED) is 0.318. The highest BCUT2D eigenvalue weighted by molar-refractivity contribution is 6.31. The highest BCUT2D eigenvalue weighted by atomic mass is 35.5. The van der Waals surface area contributed by atoms with E-state index in [1.807, 2.05) is 31.3 Å². The maximum absolute atomic E-state index is 14.5. The normalized spacial score (nSPS) is 17.4. The molecule has 0 spiro atoms. The molecule has 1 saturated carbocycles. The van der Waals surface area contributed by atoms with Crippen LogP contribution in [0.5, 0.6) is 0 Å². The fourth-order valence-corrected chi connectivity index (χ4v) is 6.11. The van der Waals surface area contributed by atoms with Crippen LogP contribution >= 0.6 is 11.6 Å². The summed E-state index contributed by atoms with van der Waals surface area (Å²) in [5.41, 5.74) is 9.74. The summed E-state index contributed by atoms with van der Waals surface area (Å²) in [6.45, 7) is 4.37. The maximum Gasteiger partial charge on any atom is 0.269 e. The molecule has 1 saturated heterocycles. The third-order valence-electron chi connectivity index (χ3n) is 8.08. The van der Waals surface area contributed by atoms with Crippen LogP contribution in [0.4, 0.5) is 10.1 Å². The van der Waals surface area contributed by atoms with Crippen LogP contribution in [-0.4, -0.2) is 44.5 Å². The number of aromatic nitrogens is 3. The van der Waals surface area contributed by atoms with Crippen LogP contribution < -0.4 is 16.1 Å². The topological polar surface area (TPSA) is 97.4 Å². The molecule has 1 aliphatic carbocycles. The first-order chi connectivity index (χ1) is 19.8. The van der Waals surface area contributed by atoms with Gasteiger partial charge in [0, 0.05) is 73.5 Å². The van der Waals surface area contributed by atoms with Crippen molar-refractivity contribution in [3.8, 4) is 0 Å². The second kappa shape index (κ2) is 11.2. The van der Waals surface area contributed by atoms with Crippen LogP contribution in [0.25, 0.3) is 10.9 Å². The number of nitrogens with zero attached hydrogens (tertiary/aromatic N) is 5. The Morgan fingerprint density at radius 3 is 2.73 bits per heavy atom. The predicted molar refractivity (Wildman–Crippen MR) is 158 cm³/mol. The highest BCUT2D eigenvalue weighted by Crippen LogP contribution is 2.38. The summed E-state index contributed by atoms with van der Waals surface area (Å²) in [5, 5.41) is 0.365. The molecule has 0 unspecified atom stereocenters. The molecular formula is C31H32ClFN6O2. The Kier molecular flexibility index (Phi) is 7.48. The minimum absolute atomic E-state index is 0.0155. The summed E-state index contributed by atoms with van der Waals surface area (Å²) in [5.74, 6) is -1.15. The number of piperidine rings is 1. The molecule has 1 aromatic carbocycles. The Balaban J connectivity index is 1.38. The Morgan fingerprint density at radius 2 is 1.98 bits per heavy atom. The van der Waals surface area contributed by atoms with Gasteiger partial charge in [-0.1, -0.05) is 11.6 Å². The molecule has 0 radical (unpaired) electrons. The average Bonchev–Trinajstić information content (AvgIpc) is 3.81. The number of rotatable bonds is 8. The van der Waals surface area contributed by atoms with Crippen molar-refractivity contribution < 1.29 is 9.18 Å². The molecule has 6 rings (SSSR count). The average molecular weight is 575 g/mol. The molecule has 2 aliphatic rings. The van der Waals surface area contributed by atoms with Gasteiger partial charge in [-0.2, -0.15) is 0 Å². The number of hydrogen-bond donors (Lipinski definition) is 1. The first-order valence-electron chi connectivity index (χ1n) is 14.0. The molecule has 2 N–H and O–H groups in total. The second-order valence-electron chi connectivity index (χ2n) is 11.1. The number of carbonyl (C=O) groups is 1. The van der Waals surface area contributed by atoms with Crippen molar-refractivity contribution in [1.82, 2.24) is 19.4 Å². The predicted octanol–water partition coefficient (Wildman–Crippen LogP) is 5.00. The summed E-state index contributed by atoms with van der Waals surface area (Å²) < 4.78 is 16.6. The van der Waals surface area contributed by atoms with Gasteiger partial charge in [0.2, 0.25) is 0 Å². The molecule has 1 atom stereocenters. The van der Waals surface area contributed by atoms with E-state index in [0.29, 0.717) is 36.1 Å². The number of pyridine rings is 3. The van der Waals surface area contributed by atoms with Crippen molar-refractivity contribution in [3.63, 3.8) is 0 Å². The third-order valence-corrected chi connectivity index (χ3v) is 8.37. The van der Waals surface area contributed by atoms with Crippen LogP contribution in [0, 0.1) is 12.7 Å². The Bertz CT molecular complexity index is 1690. The summed E-state index contributed by atoms with van der Waals surface area (Å²) in [6.07, 6.45) is 9.15. The standard InChI is InChI=1S/C31H32ClFN6O2/c1-19-12-20(8-10-35-19)15-38(23-4-3-11-37(18-23)27-5-2-9-36-29(27)31(34)41)16-21-17-39(22-6-7-22)28-14-25(32)26(33)13-24(28)30(21)40/h2,5,8-10,12-14,17,22-23H,3-4,6-7,11,15-16,18H2,1H3,(H2,34,41)/t23-/m0/s1. The van der Waals surface area contributed by atoms with E-state index in [0.717, 1.165) is 49.2 Å². The number of halogens is 2. The fraction of sp³-hybridized carbons (Fsp3) is 0.355. The largest absolute Gasteiger partial charge is 0.368 e. The lowest BCUT2D eigenvalue weighted by atomic mass is 10.0.